The number of carbonyl (C=O) groups excluding carboxylic acids is 1. The lowest BCUT2D eigenvalue weighted by Gasteiger charge is -1.99. The average molecular weight is 284 g/mol. The van der Waals surface area contributed by atoms with Crippen molar-refractivity contribution in [3.8, 4) is 17.1 Å². The monoisotopic (exact) mass is 284 g/mol. The number of phenols is 1. The van der Waals surface area contributed by atoms with Crippen LogP contribution in [0.4, 0.5) is 0 Å². The maximum Gasteiger partial charge on any atom is 0.273 e. The Morgan fingerprint density at radius 1 is 1.24 bits per heavy atom. The van der Waals surface area contributed by atoms with Crippen molar-refractivity contribution in [3.05, 3.63) is 60.2 Å². The van der Waals surface area contributed by atoms with Crippen LogP contribution < -0.4 is 5.32 Å². The van der Waals surface area contributed by atoms with Gasteiger partial charge in [0.15, 0.2) is 11.5 Å². The molecule has 0 spiro atoms. The molecule has 0 aliphatic rings. The number of hydrogen-bond acceptors (Lipinski definition) is 5. The standard InChI is InChI=1S/C15H12N2O4/c18-13-6-2-1-5-11(13)14-8-12(17-21-14)15(19)16-9-10-4-3-7-20-10/h1-8,18H,9H2,(H,16,19). The van der Waals surface area contributed by atoms with Gasteiger partial charge in [-0.1, -0.05) is 17.3 Å². The summed E-state index contributed by atoms with van der Waals surface area (Å²) in [6, 6.07) is 11.7. The second-order valence-electron chi connectivity index (χ2n) is 4.36. The number of nitrogens with zero attached hydrogens (tertiary/aromatic N) is 1. The van der Waals surface area contributed by atoms with E-state index in [0.717, 1.165) is 0 Å². The molecule has 106 valence electrons. The Morgan fingerprint density at radius 2 is 2.10 bits per heavy atom. The number of aromatic hydroxyl groups is 1. The molecule has 0 aliphatic carbocycles. The first-order valence-corrected chi connectivity index (χ1v) is 6.30. The summed E-state index contributed by atoms with van der Waals surface area (Å²) in [7, 11) is 0. The van der Waals surface area contributed by atoms with E-state index in [4.69, 9.17) is 8.94 Å². The highest BCUT2D eigenvalue weighted by molar-refractivity contribution is 5.93. The summed E-state index contributed by atoms with van der Waals surface area (Å²) in [6.07, 6.45) is 1.54. The summed E-state index contributed by atoms with van der Waals surface area (Å²) in [6.45, 7) is 0.268. The minimum atomic E-state index is -0.378. The second kappa shape index (κ2) is 5.54. The molecule has 1 amide bonds. The van der Waals surface area contributed by atoms with E-state index >= 15 is 0 Å². The zero-order valence-corrected chi connectivity index (χ0v) is 10.9. The molecule has 6 heteroatoms. The van der Waals surface area contributed by atoms with Crippen molar-refractivity contribution in [2.75, 3.05) is 0 Å². The van der Waals surface area contributed by atoms with Crippen molar-refractivity contribution >= 4 is 5.91 Å². The van der Waals surface area contributed by atoms with Crippen LogP contribution in [0.1, 0.15) is 16.2 Å². The molecule has 21 heavy (non-hydrogen) atoms. The molecule has 1 aromatic carbocycles. The van der Waals surface area contributed by atoms with E-state index < -0.39 is 0 Å². The predicted octanol–water partition coefficient (Wildman–Crippen LogP) is 2.57. The van der Waals surface area contributed by atoms with E-state index in [0.29, 0.717) is 17.1 Å². The maximum absolute atomic E-state index is 11.9. The van der Waals surface area contributed by atoms with E-state index in [9.17, 15) is 9.90 Å². The first kappa shape index (κ1) is 13.0. The molecule has 2 N–H and O–H groups in total. The number of furan rings is 1. The number of hydrogen-bond donors (Lipinski definition) is 2. The molecular weight excluding hydrogens is 272 g/mol. The predicted molar refractivity (Wildman–Crippen MR) is 73.5 cm³/mol. The van der Waals surface area contributed by atoms with Crippen LogP contribution in [0.25, 0.3) is 11.3 Å². The van der Waals surface area contributed by atoms with Crippen LogP contribution in [0.15, 0.2) is 57.7 Å². The molecule has 6 nitrogen and oxygen atoms in total. The van der Waals surface area contributed by atoms with Crippen molar-refractivity contribution in [1.29, 1.82) is 0 Å². The lowest BCUT2D eigenvalue weighted by Crippen LogP contribution is -2.22. The van der Waals surface area contributed by atoms with E-state index in [2.05, 4.69) is 10.5 Å². The molecule has 0 saturated heterocycles. The molecule has 0 saturated carbocycles. The molecular formula is C15H12N2O4. The van der Waals surface area contributed by atoms with Crippen LogP contribution in [-0.2, 0) is 6.54 Å². The smallest absolute Gasteiger partial charge is 0.273 e. The third-order valence-corrected chi connectivity index (χ3v) is 2.92. The zero-order chi connectivity index (χ0) is 14.7. The van der Waals surface area contributed by atoms with E-state index in [-0.39, 0.29) is 23.9 Å². The number of rotatable bonds is 4. The molecule has 3 rings (SSSR count). The van der Waals surface area contributed by atoms with Crippen LogP contribution in [-0.4, -0.2) is 16.2 Å². The fourth-order valence-corrected chi connectivity index (χ4v) is 1.86. The Kier molecular flexibility index (Phi) is 3.42. The first-order chi connectivity index (χ1) is 10.2. The average Bonchev–Trinajstić information content (AvgIpc) is 3.17. The van der Waals surface area contributed by atoms with Gasteiger partial charge in [0.2, 0.25) is 0 Å². The SMILES string of the molecule is O=C(NCc1ccco1)c1cc(-c2ccccc2O)on1. The van der Waals surface area contributed by atoms with Gasteiger partial charge in [-0.15, -0.1) is 0 Å². The van der Waals surface area contributed by atoms with E-state index in [1.54, 1.807) is 30.3 Å². The number of phenolic OH excluding ortho intramolecular Hbond substituents is 1. The molecule has 3 aromatic rings. The van der Waals surface area contributed by atoms with Crippen LogP contribution in [0.5, 0.6) is 5.75 Å². The Bertz CT molecular complexity index is 747. The largest absolute Gasteiger partial charge is 0.507 e. The van der Waals surface area contributed by atoms with Crippen LogP contribution in [0, 0.1) is 0 Å². The van der Waals surface area contributed by atoms with Gasteiger partial charge < -0.3 is 19.4 Å². The van der Waals surface area contributed by atoms with E-state index in [1.807, 2.05) is 0 Å². The van der Waals surface area contributed by atoms with Crippen LogP contribution in [0.3, 0.4) is 0 Å². The minimum absolute atomic E-state index is 0.0659. The number of amides is 1. The second-order valence-corrected chi connectivity index (χ2v) is 4.36. The molecule has 0 bridgehead atoms. The molecule has 0 atom stereocenters. The van der Waals surface area contributed by atoms with Crippen molar-refractivity contribution in [2.45, 2.75) is 6.54 Å². The highest BCUT2D eigenvalue weighted by Crippen LogP contribution is 2.28. The summed E-state index contributed by atoms with van der Waals surface area (Å²) >= 11 is 0. The molecule has 0 radical (unpaired) electrons. The molecule has 0 fully saturated rings. The van der Waals surface area contributed by atoms with Gasteiger partial charge in [-0.05, 0) is 24.3 Å². The summed E-state index contributed by atoms with van der Waals surface area (Å²) in [5, 5.41) is 16.1. The molecule has 2 aromatic heterocycles. The van der Waals surface area contributed by atoms with Crippen molar-refractivity contribution < 1.29 is 18.8 Å². The van der Waals surface area contributed by atoms with Gasteiger partial charge in [0.05, 0.1) is 18.4 Å². The third-order valence-electron chi connectivity index (χ3n) is 2.92. The Morgan fingerprint density at radius 3 is 2.86 bits per heavy atom. The summed E-state index contributed by atoms with van der Waals surface area (Å²) < 4.78 is 10.2. The van der Waals surface area contributed by atoms with Gasteiger partial charge in [-0.2, -0.15) is 0 Å². The zero-order valence-electron chi connectivity index (χ0n) is 10.9. The number of nitrogens with one attached hydrogen (secondary N) is 1. The van der Waals surface area contributed by atoms with Gasteiger partial charge in [-0.25, -0.2) is 0 Å². The summed E-state index contributed by atoms with van der Waals surface area (Å²) in [5.74, 6) is 0.664. The van der Waals surface area contributed by atoms with Crippen LogP contribution >= 0.6 is 0 Å². The molecule has 0 aliphatic heterocycles. The number of benzene rings is 1. The van der Waals surface area contributed by atoms with Crippen molar-refractivity contribution in [2.24, 2.45) is 0 Å². The van der Waals surface area contributed by atoms with Gasteiger partial charge in [-0.3, -0.25) is 4.79 Å². The van der Waals surface area contributed by atoms with Crippen LogP contribution in [0.2, 0.25) is 0 Å². The van der Waals surface area contributed by atoms with Crippen molar-refractivity contribution in [1.82, 2.24) is 10.5 Å². The first-order valence-electron chi connectivity index (χ1n) is 6.30. The van der Waals surface area contributed by atoms with Gasteiger partial charge in [0, 0.05) is 6.07 Å². The summed E-state index contributed by atoms with van der Waals surface area (Å²) in [5.41, 5.74) is 0.620. The lowest BCUT2D eigenvalue weighted by molar-refractivity contribution is 0.0939. The van der Waals surface area contributed by atoms with Crippen molar-refractivity contribution in [3.63, 3.8) is 0 Å². The highest BCUT2D eigenvalue weighted by Gasteiger charge is 2.15. The van der Waals surface area contributed by atoms with Gasteiger partial charge in [0.25, 0.3) is 5.91 Å². The normalized spacial score (nSPS) is 10.5. The summed E-state index contributed by atoms with van der Waals surface area (Å²) in [4.78, 5) is 11.9. The topological polar surface area (TPSA) is 88.5 Å². The quantitative estimate of drug-likeness (QED) is 0.768. The third kappa shape index (κ3) is 2.79. The number of aromatic nitrogens is 1. The maximum atomic E-state index is 11.9. The van der Waals surface area contributed by atoms with Gasteiger partial charge >= 0.3 is 0 Å². The highest BCUT2D eigenvalue weighted by atomic mass is 16.5. The fourth-order valence-electron chi connectivity index (χ4n) is 1.86. The molecule has 0 unspecified atom stereocenters. The van der Waals surface area contributed by atoms with E-state index in [1.165, 1.54) is 18.4 Å². The Balaban J connectivity index is 1.73. The molecule has 2 heterocycles. The van der Waals surface area contributed by atoms with Gasteiger partial charge in [0.1, 0.15) is 11.5 Å². The minimum Gasteiger partial charge on any atom is -0.507 e. The number of carbonyl (C=O) groups is 1. The number of para-hydroxylation sites is 1. The Hall–Kier alpha value is -3.02. The lowest BCUT2D eigenvalue weighted by atomic mass is 10.1. The Labute approximate surface area is 120 Å². The fraction of sp³-hybridized carbons (Fsp3) is 0.0667.